The minimum atomic E-state index is -0.563. The number of carbonyl (C=O) groups excluding carboxylic acids is 1. The predicted molar refractivity (Wildman–Crippen MR) is 144 cm³/mol. The summed E-state index contributed by atoms with van der Waals surface area (Å²) in [7, 11) is 0. The smallest absolute Gasteiger partial charge is 0.312 e. The van der Waals surface area contributed by atoms with Gasteiger partial charge in [0.25, 0.3) is 0 Å². The molecule has 182 valence electrons. The van der Waals surface area contributed by atoms with E-state index in [1.165, 1.54) is 11.3 Å². The maximum atomic E-state index is 12.8. The number of hydrogen-bond donors (Lipinski definition) is 2. The third-order valence-electron chi connectivity index (χ3n) is 5.74. The van der Waals surface area contributed by atoms with Crippen LogP contribution >= 0.6 is 11.3 Å². The number of nitriles is 1. The zero-order chi connectivity index (χ0) is 25.8. The summed E-state index contributed by atoms with van der Waals surface area (Å²) in [5.74, 6) is -0.727. The molecule has 2 aromatic heterocycles. The SMILES string of the molecule is Cc1ccc(-c2sc(-c3ccccc3)nc2CC(=O)OC/C(O)=C(\C#N)c2nc3ccccc3[nH]2)cc1. The third-order valence-corrected chi connectivity index (χ3v) is 6.94. The molecule has 0 amide bonds. The van der Waals surface area contributed by atoms with E-state index >= 15 is 0 Å². The number of aromatic nitrogens is 3. The lowest BCUT2D eigenvalue weighted by Gasteiger charge is -2.06. The van der Waals surface area contributed by atoms with Crippen LogP contribution in [0.1, 0.15) is 17.1 Å². The number of aliphatic hydroxyl groups excluding tert-OH is 1. The van der Waals surface area contributed by atoms with Gasteiger partial charge >= 0.3 is 5.97 Å². The molecule has 37 heavy (non-hydrogen) atoms. The highest BCUT2D eigenvalue weighted by molar-refractivity contribution is 7.18. The number of nitrogens with zero attached hydrogens (tertiary/aromatic N) is 3. The Labute approximate surface area is 217 Å². The lowest BCUT2D eigenvalue weighted by atomic mass is 10.1. The number of hydrogen-bond acceptors (Lipinski definition) is 7. The highest BCUT2D eigenvalue weighted by atomic mass is 32.1. The van der Waals surface area contributed by atoms with Crippen LogP contribution in [0.4, 0.5) is 0 Å². The quantitative estimate of drug-likeness (QED) is 0.153. The maximum Gasteiger partial charge on any atom is 0.312 e. The average Bonchev–Trinajstić information content (AvgIpc) is 3.53. The largest absolute Gasteiger partial charge is 0.507 e. The first-order valence-corrected chi connectivity index (χ1v) is 12.4. The number of H-pyrrole nitrogens is 1. The van der Waals surface area contributed by atoms with E-state index in [1.807, 2.05) is 85.8 Å². The van der Waals surface area contributed by atoms with Gasteiger partial charge < -0.3 is 14.8 Å². The summed E-state index contributed by atoms with van der Waals surface area (Å²) in [5.41, 5.74) is 4.98. The molecule has 2 heterocycles. The zero-order valence-electron chi connectivity index (χ0n) is 19.9. The summed E-state index contributed by atoms with van der Waals surface area (Å²) in [6, 6.07) is 27.1. The van der Waals surface area contributed by atoms with Gasteiger partial charge in [0.15, 0.2) is 11.6 Å². The molecule has 2 N–H and O–H groups in total. The van der Waals surface area contributed by atoms with Gasteiger partial charge in [-0.1, -0.05) is 72.3 Å². The van der Waals surface area contributed by atoms with E-state index in [9.17, 15) is 15.2 Å². The number of rotatable bonds is 7. The van der Waals surface area contributed by atoms with E-state index in [0.717, 1.165) is 32.1 Å². The standard InChI is InChI=1S/C29H22N4O3S/c1-18-11-13-19(14-12-18)27-24(33-29(37-27)20-7-3-2-4-8-20)15-26(35)36-17-25(34)21(16-30)28-31-22-9-5-6-10-23(22)32-28/h2-14,34H,15,17H2,1H3,(H,31,32)/b25-21-. The van der Waals surface area contributed by atoms with Crippen molar-refractivity contribution >= 4 is 33.9 Å². The number of benzene rings is 3. The second-order valence-electron chi connectivity index (χ2n) is 8.40. The second kappa shape index (κ2) is 10.5. The van der Waals surface area contributed by atoms with Gasteiger partial charge in [-0.3, -0.25) is 4.79 Å². The number of aromatic amines is 1. The molecule has 0 aliphatic carbocycles. The number of imidazole rings is 1. The third kappa shape index (κ3) is 5.27. The van der Waals surface area contributed by atoms with Crippen molar-refractivity contribution in [2.45, 2.75) is 13.3 Å². The van der Waals surface area contributed by atoms with Crippen LogP contribution in [0.2, 0.25) is 0 Å². The minimum Gasteiger partial charge on any atom is -0.507 e. The fourth-order valence-electron chi connectivity index (χ4n) is 3.84. The number of para-hydroxylation sites is 2. The lowest BCUT2D eigenvalue weighted by molar-refractivity contribution is -0.142. The van der Waals surface area contributed by atoms with Crippen LogP contribution in [0.15, 0.2) is 84.6 Å². The summed E-state index contributed by atoms with van der Waals surface area (Å²) in [4.78, 5) is 25.8. The van der Waals surface area contributed by atoms with Crippen molar-refractivity contribution in [3.05, 3.63) is 102 Å². The number of allylic oxidation sites excluding steroid dienone is 1. The van der Waals surface area contributed by atoms with Crippen LogP contribution in [-0.4, -0.2) is 32.6 Å². The molecule has 0 radical (unpaired) electrons. The molecule has 8 heteroatoms. The number of thiazole rings is 1. The summed E-state index contributed by atoms with van der Waals surface area (Å²) in [5, 5.41) is 20.9. The normalized spacial score (nSPS) is 11.7. The van der Waals surface area contributed by atoms with E-state index in [2.05, 4.69) is 9.97 Å². The Morgan fingerprint density at radius 2 is 1.73 bits per heavy atom. The topological polar surface area (TPSA) is 112 Å². The Kier molecular flexibility index (Phi) is 6.79. The Bertz CT molecular complexity index is 1610. The second-order valence-corrected chi connectivity index (χ2v) is 9.40. The number of aliphatic hydroxyl groups is 1. The van der Waals surface area contributed by atoms with Crippen LogP contribution in [0, 0.1) is 18.3 Å². The molecule has 0 atom stereocenters. The molecule has 0 fully saturated rings. The Hall–Kier alpha value is -4.74. The number of fused-ring (bicyclic) bond motifs is 1. The lowest BCUT2D eigenvalue weighted by Crippen LogP contribution is -2.12. The van der Waals surface area contributed by atoms with Crippen LogP contribution in [0.3, 0.4) is 0 Å². The van der Waals surface area contributed by atoms with Crippen molar-refractivity contribution in [3.63, 3.8) is 0 Å². The predicted octanol–water partition coefficient (Wildman–Crippen LogP) is 6.24. The van der Waals surface area contributed by atoms with Crippen molar-refractivity contribution in [2.75, 3.05) is 6.61 Å². The van der Waals surface area contributed by atoms with E-state index in [-0.39, 0.29) is 23.6 Å². The first-order chi connectivity index (χ1) is 18.0. The monoisotopic (exact) mass is 506 g/mol. The molecule has 0 saturated heterocycles. The molecule has 5 aromatic rings. The summed E-state index contributed by atoms with van der Waals surface area (Å²) >= 11 is 1.51. The molecule has 0 unspecified atom stereocenters. The molecule has 0 aliphatic heterocycles. The Morgan fingerprint density at radius 3 is 2.46 bits per heavy atom. The van der Waals surface area contributed by atoms with Gasteiger partial charge in [0.1, 0.15) is 23.3 Å². The van der Waals surface area contributed by atoms with Gasteiger partial charge in [0, 0.05) is 5.56 Å². The van der Waals surface area contributed by atoms with Crippen molar-refractivity contribution in [1.82, 2.24) is 15.0 Å². The summed E-state index contributed by atoms with van der Waals surface area (Å²) in [6.07, 6.45) is -0.0770. The number of esters is 1. The molecule has 0 spiro atoms. The summed E-state index contributed by atoms with van der Waals surface area (Å²) < 4.78 is 5.34. The van der Waals surface area contributed by atoms with Crippen molar-refractivity contribution in [1.29, 1.82) is 5.26 Å². The Morgan fingerprint density at radius 1 is 1.00 bits per heavy atom. The van der Waals surface area contributed by atoms with Crippen LogP contribution in [-0.2, 0) is 16.0 Å². The number of ether oxygens (including phenoxy) is 1. The molecule has 3 aromatic carbocycles. The van der Waals surface area contributed by atoms with Gasteiger partial charge in [-0.05, 0) is 24.6 Å². The van der Waals surface area contributed by atoms with Crippen molar-refractivity contribution in [2.24, 2.45) is 0 Å². The molecule has 0 aliphatic rings. The molecule has 0 saturated carbocycles. The van der Waals surface area contributed by atoms with E-state index in [0.29, 0.717) is 11.2 Å². The van der Waals surface area contributed by atoms with Crippen molar-refractivity contribution < 1.29 is 14.6 Å². The van der Waals surface area contributed by atoms with Gasteiger partial charge in [-0.25, -0.2) is 9.97 Å². The average molecular weight is 507 g/mol. The summed E-state index contributed by atoms with van der Waals surface area (Å²) in [6.45, 7) is 1.57. The number of carbonyl (C=O) groups is 1. The highest BCUT2D eigenvalue weighted by Gasteiger charge is 2.19. The molecule has 7 nitrogen and oxygen atoms in total. The van der Waals surface area contributed by atoms with Crippen molar-refractivity contribution in [3.8, 4) is 27.1 Å². The van der Waals surface area contributed by atoms with Gasteiger partial charge in [-0.2, -0.15) is 5.26 Å². The van der Waals surface area contributed by atoms with E-state index in [1.54, 1.807) is 6.07 Å². The minimum absolute atomic E-state index is 0.0770. The molecular formula is C29H22N4O3S. The van der Waals surface area contributed by atoms with Crippen LogP contribution < -0.4 is 0 Å². The van der Waals surface area contributed by atoms with Crippen LogP contribution in [0.5, 0.6) is 0 Å². The Balaban J connectivity index is 1.36. The molecule has 0 bridgehead atoms. The van der Waals surface area contributed by atoms with Gasteiger partial charge in [0.2, 0.25) is 0 Å². The molecular weight excluding hydrogens is 484 g/mol. The first-order valence-electron chi connectivity index (χ1n) is 11.6. The van der Waals surface area contributed by atoms with E-state index < -0.39 is 12.6 Å². The van der Waals surface area contributed by atoms with Gasteiger partial charge in [0.05, 0.1) is 28.0 Å². The van der Waals surface area contributed by atoms with Crippen LogP contribution in [0.25, 0.3) is 37.6 Å². The maximum absolute atomic E-state index is 12.8. The van der Waals surface area contributed by atoms with Gasteiger partial charge in [-0.15, -0.1) is 11.3 Å². The number of nitrogens with one attached hydrogen (secondary N) is 1. The zero-order valence-corrected chi connectivity index (χ0v) is 20.7. The van der Waals surface area contributed by atoms with E-state index in [4.69, 9.17) is 9.72 Å². The number of aryl methyl sites for hydroxylation is 1. The highest BCUT2D eigenvalue weighted by Crippen LogP contribution is 2.36. The fraction of sp³-hybridized carbons (Fsp3) is 0.103. The first kappa shape index (κ1) is 24.0. The molecule has 5 rings (SSSR count). The fourth-order valence-corrected chi connectivity index (χ4v) is 4.93.